The Balaban J connectivity index is 2.46. The molecule has 3 N–H and O–H groups in total. The Morgan fingerprint density at radius 3 is 2.93 bits per heavy atom. The summed E-state index contributed by atoms with van der Waals surface area (Å²) in [5, 5.41) is 14.4. The van der Waals surface area contributed by atoms with Gasteiger partial charge in [0.15, 0.2) is 5.82 Å². The monoisotopic (exact) mass is 191 g/mol. The van der Waals surface area contributed by atoms with Gasteiger partial charge in [0.25, 0.3) is 0 Å². The molecule has 7 heteroatoms. The van der Waals surface area contributed by atoms with Crippen molar-refractivity contribution >= 4 is 11.9 Å². The molecule has 0 saturated carbocycles. The molecule has 0 fully saturated rings. The first kappa shape index (κ1) is 8.42. The highest BCUT2D eigenvalue weighted by Crippen LogP contribution is 2.09. The molecular weight excluding hydrogens is 182 g/mol. The van der Waals surface area contributed by atoms with Gasteiger partial charge >= 0.3 is 0 Å². The minimum Gasteiger partial charge on any atom is -0.368 e. The van der Waals surface area contributed by atoms with Gasteiger partial charge in [0.2, 0.25) is 11.9 Å². The quantitative estimate of drug-likeness (QED) is 0.675. The van der Waals surface area contributed by atoms with E-state index in [4.69, 9.17) is 5.73 Å². The van der Waals surface area contributed by atoms with Crippen LogP contribution in [0.25, 0.3) is 5.82 Å². The molecule has 0 aliphatic heterocycles. The molecule has 0 atom stereocenters. The largest absolute Gasteiger partial charge is 0.368 e. The Hall–Kier alpha value is -2.18. The summed E-state index contributed by atoms with van der Waals surface area (Å²) in [4.78, 5) is 3.96. The van der Waals surface area contributed by atoms with E-state index in [9.17, 15) is 0 Å². The van der Waals surface area contributed by atoms with Crippen LogP contribution in [0.2, 0.25) is 0 Å². The van der Waals surface area contributed by atoms with Crippen molar-refractivity contribution in [2.24, 2.45) is 0 Å². The average molecular weight is 191 g/mol. The Morgan fingerprint density at radius 2 is 2.36 bits per heavy atom. The van der Waals surface area contributed by atoms with Crippen LogP contribution in [-0.4, -0.2) is 32.0 Å². The predicted octanol–water partition coefficient (Wildman–Crippen LogP) is -0.319. The molecule has 0 aromatic carbocycles. The molecule has 0 radical (unpaired) electrons. The number of nitrogens with one attached hydrogen (secondary N) is 1. The lowest BCUT2D eigenvalue weighted by molar-refractivity contribution is 0.824. The maximum atomic E-state index is 5.63. The van der Waals surface area contributed by atoms with Crippen LogP contribution in [0.4, 0.5) is 11.9 Å². The maximum absolute atomic E-state index is 5.63. The average Bonchev–Trinajstić information content (AvgIpc) is 2.61. The smallest absolute Gasteiger partial charge is 0.244 e. The van der Waals surface area contributed by atoms with Gasteiger partial charge in [-0.25, -0.2) is 0 Å². The van der Waals surface area contributed by atoms with E-state index in [2.05, 4.69) is 25.6 Å². The number of rotatable bonds is 2. The molecule has 0 aliphatic carbocycles. The fourth-order valence-electron chi connectivity index (χ4n) is 1.01. The molecule has 14 heavy (non-hydrogen) atoms. The summed E-state index contributed by atoms with van der Waals surface area (Å²) in [5.74, 6) is 1.27. The predicted molar refractivity (Wildman–Crippen MR) is 50.9 cm³/mol. The number of nitrogen functional groups attached to an aromatic ring is 1. The molecule has 0 aliphatic rings. The zero-order valence-corrected chi connectivity index (χ0v) is 7.55. The lowest BCUT2D eigenvalue weighted by Crippen LogP contribution is -2.05. The molecule has 0 bridgehead atoms. The normalized spacial score (nSPS) is 10.1. The second-order valence-corrected chi connectivity index (χ2v) is 2.54. The number of hydrogen-bond donors (Lipinski definition) is 2. The van der Waals surface area contributed by atoms with Crippen molar-refractivity contribution in [2.75, 3.05) is 18.1 Å². The molecular formula is C7H9N7. The third-order valence-corrected chi connectivity index (χ3v) is 1.63. The Kier molecular flexibility index (Phi) is 1.98. The molecule has 2 aromatic heterocycles. The van der Waals surface area contributed by atoms with E-state index in [-0.39, 0.29) is 5.95 Å². The van der Waals surface area contributed by atoms with Crippen molar-refractivity contribution in [1.82, 2.24) is 25.0 Å². The van der Waals surface area contributed by atoms with Crippen LogP contribution in [0.15, 0.2) is 18.3 Å². The summed E-state index contributed by atoms with van der Waals surface area (Å²) in [7, 11) is 1.72. The van der Waals surface area contributed by atoms with Crippen molar-refractivity contribution in [3.8, 4) is 5.82 Å². The number of anilines is 2. The van der Waals surface area contributed by atoms with Gasteiger partial charge in [0.05, 0.1) is 0 Å². The first-order valence-corrected chi connectivity index (χ1v) is 3.99. The van der Waals surface area contributed by atoms with Gasteiger partial charge in [0, 0.05) is 13.2 Å². The van der Waals surface area contributed by atoms with Gasteiger partial charge in [-0.2, -0.15) is 14.8 Å². The van der Waals surface area contributed by atoms with Gasteiger partial charge in [-0.15, -0.1) is 10.2 Å². The summed E-state index contributed by atoms with van der Waals surface area (Å²) < 4.78 is 1.42. The second kappa shape index (κ2) is 3.29. The molecule has 2 aromatic rings. The summed E-state index contributed by atoms with van der Waals surface area (Å²) >= 11 is 0. The summed E-state index contributed by atoms with van der Waals surface area (Å²) in [5.41, 5.74) is 5.63. The van der Waals surface area contributed by atoms with E-state index >= 15 is 0 Å². The first-order valence-electron chi connectivity index (χ1n) is 3.99. The highest BCUT2D eigenvalue weighted by Gasteiger charge is 2.07. The van der Waals surface area contributed by atoms with Crippen LogP contribution in [0.5, 0.6) is 0 Å². The van der Waals surface area contributed by atoms with Gasteiger partial charge in [-0.1, -0.05) is 0 Å². The van der Waals surface area contributed by atoms with Crippen LogP contribution >= 0.6 is 0 Å². The highest BCUT2D eigenvalue weighted by atomic mass is 15.4. The van der Waals surface area contributed by atoms with Crippen LogP contribution in [0.3, 0.4) is 0 Å². The van der Waals surface area contributed by atoms with Crippen LogP contribution in [-0.2, 0) is 0 Å². The Labute approximate surface area is 80.0 Å². The van der Waals surface area contributed by atoms with E-state index < -0.39 is 0 Å². The first-order chi connectivity index (χ1) is 6.81. The van der Waals surface area contributed by atoms with Crippen LogP contribution in [0, 0.1) is 0 Å². The maximum Gasteiger partial charge on any atom is 0.244 e. The van der Waals surface area contributed by atoms with E-state index in [0.717, 1.165) is 0 Å². The number of nitrogens with zero attached hydrogens (tertiary/aromatic N) is 5. The fraction of sp³-hybridized carbons (Fsp3) is 0.143. The summed E-state index contributed by atoms with van der Waals surface area (Å²) in [6, 6.07) is 3.50. The van der Waals surface area contributed by atoms with E-state index in [0.29, 0.717) is 11.8 Å². The lowest BCUT2D eigenvalue weighted by atomic mass is 10.5. The van der Waals surface area contributed by atoms with Gasteiger partial charge in [-0.3, -0.25) is 0 Å². The van der Waals surface area contributed by atoms with E-state index in [1.807, 2.05) is 0 Å². The molecule has 2 heterocycles. The molecule has 2 rings (SSSR count). The second-order valence-electron chi connectivity index (χ2n) is 2.54. The third kappa shape index (κ3) is 1.35. The Morgan fingerprint density at radius 1 is 1.50 bits per heavy atom. The number of aromatic nitrogens is 5. The topological polar surface area (TPSA) is 94.5 Å². The van der Waals surface area contributed by atoms with Gasteiger partial charge in [0.1, 0.15) is 0 Å². The summed E-state index contributed by atoms with van der Waals surface area (Å²) in [6.45, 7) is 0. The van der Waals surface area contributed by atoms with E-state index in [1.165, 1.54) is 4.68 Å². The third-order valence-electron chi connectivity index (χ3n) is 1.63. The zero-order chi connectivity index (χ0) is 9.97. The molecule has 7 nitrogen and oxygen atoms in total. The molecule has 72 valence electrons. The van der Waals surface area contributed by atoms with Gasteiger partial charge < -0.3 is 11.1 Å². The molecule has 0 spiro atoms. The van der Waals surface area contributed by atoms with Crippen molar-refractivity contribution in [3.63, 3.8) is 0 Å². The molecule has 0 unspecified atom stereocenters. The van der Waals surface area contributed by atoms with Crippen molar-refractivity contribution in [1.29, 1.82) is 0 Å². The van der Waals surface area contributed by atoms with Crippen LogP contribution < -0.4 is 11.1 Å². The fourth-order valence-corrected chi connectivity index (χ4v) is 1.01. The molecule has 0 amide bonds. The SMILES string of the molecule is CNc1nc(N)n(-c2cccnn2)n1. The highest BCUT2D eigenvalue weighted by molar-refractivity contribution is 5.37. The minimum atomic E-state index is 0.273. The number of nitrogens with two attached hydrogens (primary N) is 1. The summed E-state index contributed by atoms with van der Waals surface area (Å²) in [6.07, 6.45) is 1.58. The minimum absolute atomic E-state index is 0.273. The van der Waals surface area contributed by atoms with Crippen molar-refractivity contribution in [3.05, 3.63) is 18.3 Å². The lowest BCUT2D eigenvalue weighted by Gasteiger charge is -1.97. The van der Waals surface area contributed by atoms with Crippen molar-refractivity contribution < 1.29 is 0 Å². The van der Waals surface area contributed by atoms with E-state index in [1.54, 1.807) is 25.4 Å². The van der Waals surface area contributed by atoms with Crippen molar-refractivity contribution in [2.45, 2.75) is 0 Å². The van der Waals surface area contributed by atoms with Crippen LogP contribution in [0.1, 0.15) is 0 Å². The Bertz CT molecular complexity index is 421. The standard InChI is InChI=1S/C7H9N7/c1-9-7-11-6(8)14(13-7)5-3-2-4-10-12-5/h2-4H,1H3,(H3,8,9,11,13). The zero-order valence-electron chi connectivity index (χ0n) is 7.55. The molecule has 0 saturated heterocycles. The van der Waals surface area contributed by atoms with Gasteiger partial charge in [-0.05, 0) is 12.1 Å². The number of hydrogen-bond acceptors (Lipinski definition) is 6.